The average molecular weight is 414 g/mol. The van der Waals surface area contributed by atoms with Gasteiger partial charge in [0, 0.05) is 23.2 Å². The highest BCUT2D eigenvalue weighted by atomic mass is 16.5. The third-order valence-corrected chi connectivity index (χ3v) is 8.79. The van der Waals surface area contributed by atoms with Crippen molar-refractivity contribution in [1.82, 2.24) is 4.98 Å². The van der Waals surface area contributed by atoms with Crippen LogP contribution >= 0.6 is 0 Å². The molecule has 0 amide bonds. The van der Waals surface area contributed by atoms with E-state index in [1.807, 2.05) is 18.2 Å². The van der Waals surface area contributed by atoms with Gasteiger partial charge in [-0.05, 0) is 43.7 Å². The molecule has 0 bridgehead atoms. The zero-order valence-corrected chi connectivity index (χ0v) is 19.1. The first-order chi connectivity index (χ1) is 14.1. The molecule has 0 saturated heterocycles. The van der Waals surface area contributed by atoms with E-state index in [1.54, 1.807) is 7.11 Å². The Bertz CT molecular complexity index is 977. The Morgan fingerprint density at radius 1 is 1.23 bits per heavy atom. The number of H-pyrrole nitrogens is 1. The van der Waals surface area contributed by atoms with Gasteiger partial charge in [0.2, 0.25) is 5.88 Å². The summed E-state index contributed by atoms with van der Waals surface area (Å²) in [4.78, 5) is 15.9. The minimum absolute atomic E-state index is 0.0678. The summed E-state index contributed by atoms with van der Waals surface area (Å²) in [6, 6.07) is 5.73. The lowest BCUT2D eigenvalue weighted by molar-refractivity contribution is -0.202. The molecule has 2 N–H and O–H groups in total. The molecule has 4 rings (SSSR count). The number of aromatic nitrogens is 1. The van der Waals surface area contributed by atoms with Crippen molar-refractivity contribution in [3.63, 3.8) is 0 Å². The molecule has 1 aromatic carbocycles. The van der Waals surface area contributed by atoms with Crippen molar-refractivity contribution in [2.24, 2.45) is 22.7 Å². The van der Waals surface area contributed by atoms with Gasteiger partial charge in [-0.3, -0.25) is 9.78 Å². The molecular weight excluding hydrogens is 378 g/mol. The molecule has 164 valence electrons. The fraction of sp³-hybridized carbons (Fsp3) is 0.640. The summed E-state index contributed by atoms with van der Waals surface area (Å²) in [5, 5.41) is 11.8. The molecule has 2 aliphatic rings. The van der Waals surface area contributed by atoms with Gasteiger partial charge < -0.3 is 14.6 Å². The number of Topliss-reactive ketones (excluding diaryl/α,β-unsaturated/α-hetero) is 1. The Morgan fingerprint density at radius 3 is 2.63 bits per heavy atom. The molecule has 2 saturated carbocycles. The zero-order valence-electron chi connectivity index (χ0n) is 19.1. The molecule has 4 atom stereocenters. The van der Waals surface area contributed by atoms with E-state index in [2.05, 4.69) is 39.6 Å². The maximum atomic E-state index is 12.9. The fourth-order valence-electron chi connectivity index (χ4n) is 6.52. The minimum Gasteiger partial charge on any atom is -0.494 e. The van der Waals surface area contributed by atoms with Crippen molar-refractivity contribution in [2.45, 2.75) is 72.3 Å². The van der Waals surface area contributed by atoms with Crippen LogP contribution in [0.1, 0.15) is 66.7 Å². The van der Waals surface area contributed by atoms with E-state index in [0.717, 1.165) is 31.1 Å². The molecule has 0 spiro atoms. The van der Waals surface area contributed by atoms with Crippen LogP contribution in [0, 0.1) is 22.7 Å². The van der Waals surface area contributed by atoms with Crippen LogP contribution in [0.2, 0.25) is 0 Å². The molecule has 4 unspecified atom stereocenters. The second-order valence-corrected chi connectivity index (χ2v) is 10.1. The van der Waals surface area contributed by atoms with Gasteiger partial charge in [0.05, 0.1) is 17.9 Å². The Morgan fingerprint density at radius 2 is 1.97 bits per heavy atom. The number of aromatic amines is 1. The third kappa shape index (κ3) is 2.63. The number of carbonyl (C=O) groups excluding carboxylic acids is 1. The van der Waals surface area contributed by atoms with E-state index >= 15 is 0 Å². The van der Waals surface area contributed by atoms with Crippen LogP contribution in [0.25, 0.3) is 10.8 Å². The van der Waals surface area contributed by atoms with Gasteiger partial charge >= 0.3 is 0 Å². The van der Waals surface area contributed by atoms with Crippen LogP contribution in [0.5, 0.6) is 17.5 Å². The first kappa shape index (κ1) is 21.1. The van der Waals surface area contributed by atoms with Crippen LogP contribution in [-0.4, -0.2) is 28.6 Å². The van der Waals surface area contributed by atoms with Crippen molar-refractivity contribution in [2.75, 3.05) is 7.11 Å². The summed E-state index contributed by atoms with van der Waals surface area (Å²) in [6.45, 7) is 11.1. The predicted octanol–water partition coefficient (Wildman–Crippen LogP) is 5.85. The highest BCUT2D eigenvalue weighted by Gasteiger charge is 2.65. The number of hydrogen-bond donors (Lipinski definition) is 2. The summed E-state index contributed by atoms with van der Waals surface area (Å²) in [7, 11) is 1.59. The van der Waals surface area contributed by atoms with Gasteiger partial charge in [-0.2, -0.15) is 0 Å². The van der Waals surface area contributed by atoms with E-state index in [-0.39, 0.29) is 17.2 Å². The number of carbonyl (C=O) groups is 1. The smallest absolute Gasteiger partial charge is 0.205 e. The van der Waals surface area contributed by atoms with Gasteiger partial charge in [0.15, 0.2) is 5.88 Å². The molecule has 5 nitrogen and oxygen atoms in total. The third-order valence-electron chi connectivity index (χ3n) is 8.79. The van der Waals surface area contributed by atoms with E-state index < -0.39 is 11.0 Å². The van der Waals surface area contributed by atoms with Crippen molar-refractivity contribution < 1.29 is 19.4 Å². The van der Waals surface area contributed by atoms with Crippen molar-refractivity contribution in [3.8, 4) is 17.5 Å². The number of nitrogens with one attached hydrogen (secondary N) is 1. The van der Waals surface area contributed by atoms with E-state index in [0.29, 0.717) is 35.1 Å². The molecule has 2 aliphatic carbocycles. The molecule has 2 aromatic rings. The highest BCUT2D eigenvalue weighted by Crippen LogP contribution is 2.63. The standard InChI is InChI=1S/C25H35NO4/c1-7-24(5)15(2)11-12-18-23(3,4)19(27)13-14-25(18,24)30-17-10-8-9-16-20(17)22(29-6)26-21(16)28/h8-10,15,18,26,28H,7,11-14H2,1-6H3. The number of benzene rings is 1. The van der Waals surface area contributed by atoms with E-state index in [4.69, 9.17) is 9.47 Å². The first-order valence-electron chi connectivity index (χ1n) is 11.2. The summed E-state index contributed by atoms with van der Waals surface area (Å²) in [6.07, 6.45) is 4.34. The SMILES string of the molecule is CCC1(C)C(C)CCC2C(C)(C)C(=O)CCC21Oc1cccc2c(O)[nH]c(OC)c12. The molecule has 1 aromatic heterocycles. The summed E-state index contributed by atoms with van der Waals surface area (Å²) in [5.74, 6) is 2.26. The number of fused-ring (bicyclic) bond motifs is 2. The number of aromatic hydroxyl groups is 1. The number of ether oxygens (including phenoxy) is 2. The van der Waals surface area contributed by atoms with Crippen LogP contribution in [0.4, 0.5) is 0 Å². The van der Waals surface area contributed by atoms with Crippen LogP contribution in [-0.2, 0) is 4.79 Å². The van der Waals surface area contributed by atoms with Crippen LogP contribution in [0.15, 0.2) is 18.2 Å². The lowest BCUT2D eigenvalue weighted by Crippen LogP contribution is -2.67. The Hall–Kier alpha value is -2.17. The molecule has 1 heterocycles. The topological polar surface area (TPSA) is 71.5 Å². The normalized spacial score (nSPS) is 33.3. The highest BCUT2D eigenvalue weighted by molar-refractivity contribution is 5.97. The quantitative estimate of drug-likeness (QED) is 0.659. The summed E-state index contributed by atoms with van der Waals surface area (Å²) < 4.78 is 12.6. The first-order valence-corrected chi connectivity index (χ1v) is 11.2. The molecule has 0 radical (unpaired) electrons. The van der Waals surface area contributed by atoms with Gasteiger partial charge in [-0.1, -0.05) is 40.7 Å². The maximum absolute atomic E-state index is 12.9. The predicted molar refractivity (Wildman–Crippen MR) is 118 cm³/mol. The van der Waals surface area contributed by atoms with E-state index in [9.17, 15) is 9.90 Å². The van der Waals surface area contributed by atoms with Gasteiger partial charge in [0.25, 0.3) is 0 Å². The lowest BCUT2D eigenvalue weighted by Gasteiger charge is -2.63. The maximum Gasteiger partial charge on any atom is 0.205 e. The van der Waals surface area contributed by atoms with Crippen molar-refractivity contribution in [1.29, 1.82) is 0 Å². The lowest BCUT2D eigenvalue weighted by atomic mass is 9.45. The second-order valence-electron chi connectivity index (χ2n) is 10.1. The molecular formula is C25H35NO4. The number of methoxy groups -OCH3 is 1. The minimum atomic E-state index is -0.455. The van der Waals surface area contributed by atoms with Crippen molar-refractivity contribution >= 4 is 16.6 Å². The molecule has 30 heavy (non-hydrogen) atoms. The Kier molecular flexibility index (Phi) is 4.87. The Balaban J connectivity index is 1.93. The second kappa shape index (κ2) is 6.93. The van der Waals surface area contributed by atoms with Crippen molar-refractivity contribution in [3.05, 3.63) is 18.2 Å². The number of ketones is 1. The average Bonchev–Trinajstić information content (AvgIpc) is 3.05. The monoisotopic (exact) mass is 413 g/mol. The molecule has 2 fully saturated rings. The summed E-state index contributed by atoms with van der Waals surface area (Å²) >= 11 is 0. The largest absolute Gasteiger partial charge is 0.494 e. The Labute approximate surface area is 179 Å². The van der Waals surface area contributed by atoms with Gasteiger partial charge in [-0.25, -0.2) is 0 Å². The van der Waals surface area contributed by atoms with Crippen LogP contribution < -0.4 is 9.47 Å². The zero-order chi connectivity index (χ0) is 21.9. The number of rotatable bonds is 4. The van der Waals surface area contributed by atoms with E-state index in [1.165, 1.54) is 0 Å². The molecule has 0 aliphatic heterocycles. The number of hydrogen-bond acceptors (Lipinski definition) is 4. The fourth-order valence-corrected chi connectivity index (χ4v) is 6.52. The molecule has 5 heteroatoms. The van der Waals surface area contributed by atoms with Gasteiger partial charge in [0.1, 0.15) is 17.1 Å². The van der Waals surface area contributed by atoms with Crippen LogP contribution in [0.3, 0.4) is 0 Å². The summed E-state index contributed by atoms with van der Waals surface area (Å²) in [5.41, 5.74) is -0.947. The van der Waals surface area contributed by atoms with Gasteiger partial charge in [-0.15, -0.1) is 0 Å².